The van der Waals surface area contributed by atoms with Crippen LogP contribution in [0.1, 0.15) is 17.3 Å². The molecule has 76 valence electrons. The van der Waals surface area contributed by atoms with Crippen LogP contribution in [0, 0.1) is 0 Å². The molecule has 2 rings (SSSR count). The molecule has 0 saturated heterocycles. The Bertz CT molecular complexity index is 528. The predicted molar refractivity (Wildman–Crippen MR) is 57.1 cm³/mol. The molecule has 0 atom stereocenters. The fourth-order valence-electron chi connectivity index (χ4n) is 1.46. The quantitative estimate of drug-likeness (QED) is 0.608. The third-order valence-electron chi connectivity index (χ3n) is 2.23. The van der Waals surface area contributed by atoms with Gasteiger partial charge in [-0.3, -0.25) is 9.59 Å². The predicted octanol–water partition coefficient (Wildman–Crippen LogP) is 1.71. The number of nitrogens with one attached hydrogen (secondary N) is 1. The number of fused-ring (bicyclic) bond motifs is 1. The molecular weight excluding hydrogens is 192 g/mol. The number of nitrogens with zero attached hydrogens (tertiary/aromatic N) is 1. The van der Waals surface area contributed by atoms with Crippen LogP contribution in [-0.4, -0.2) is 16.6 Å². The maximum atomic E-state index is 11.1. The van der Waals surface area contributed by atoms with Crippen molar-refractivity contribution in [2.24, 2.45) is 0 Å². The van der Waals surface area contributed by atoms with Gasteiger partial charge in [0.25, 0.3) is 0 Å². The van der Waals surface area contributed by atoms with Gasteiger partial charge in [0.1, 0.15) is 0 Å². The molecule has 0 saturated carbocycles. The Morgan fingerprint density at radius 2 is 2.27 bits per heavy atom. The molecular formula is C11H10N2O2. The Hall–Kier alpha value is -2.10. The molecule has 0 aliphatic heterocycles. The van der Waals surface area contributed by atoms with Crippen molar-refractivity contribution in [3.63, 3.8) is 0 Å². The van der Waals surface area contributed by atoms with Crippen molar-refractivity contribution in [1.82, 2.24) is 4.40 Å². The van der Waals surface area contributed by atoms with E-state index in [-0.39, 0.29) is 5.78 Å². The van der Waals surface area contributed by atoms with E-state index in [4.69, 9.17) is 0 Å². The zero-order valence-corrected chi connectivity index (χ0v) is 8.23. The first-order valence-electron chi connectivity index (χ1n) is 4.53. The lowest BCUT2D eigenvalue weighted by Gasteiger charge is -1.98. The molecule has 2 heterocycles. The van der Waals surface area contributed by atoms with E-state index >= 15 is 0 Å². The van der Waals surface area contributed by atoms with Crippen LogP contribution in [0.15, 0.2) is 30.6 Å². The topological polar surface area (TPSA) is 50.6 Å². The summed E-state index contributed by atoms with van der Waals surface area (Å²) in [6.45, 7) is 1.53. The van der Waals surface area contributed by atoms with Crippen molar-refractivity contribution in [3.8, 4) is 0 Å². The minimum absolute atomic E-state index is 0.0311. The fourth-order valence-corrected chi connectivity index (χ4v) is 1.46. The van der Waals surface area contributed by atoms with Crippen LogP contribution >= 0.6 is 0 Å². The van der Waals surface area contributed by atoms with Crippen molar-refractivity contribution < 1.29 is 9.59 Å². The average Bonchev–Trinajstić information content (AvgIpc) is 2.61. The summed E-state index contributed by atoms with van der Waals surface area (Å²) in [7, 11) is 0. The number of hydrogen-bond acceptors (Lipinski definition) is 2. The fraction of sp³-hybridized carbons (Fsp3) is 0.0909. The second kappa shape index (κ2) is 3.57. The summed E-state index contributed by atoms with van der Waals surface area (Å²) in [6, 6.07) is 5.37. The molecule has 1 N–H and O–H groups in total. The van der Waals surface area contributed by atoms with Gasteiger partial charge >= 0.3 is 0 Å². The molecule has 0 aliphatic rings. The number of carbonyl (C=O) groups excluding carboxylic acids is 2. The Balaban J connectivity index is 2.51. The lowest BCUT2D eigenvalue weighted by Crippen LogP contribution is -1.94. The molecule has 4 heteroatoms. The van der Waals surface area contributed by atoms with Gasteiger partial charge in [-0.1, -0.05) is 0 Å². The summed E-state index contributed by atoms with van der Waals surface area (Å²) in [5.74, 6) is 0.0311. The molecule has 4 nitrogen and oxygen atoms in total. The van der Waals surface area contributed by atoms with Gasteiger partial charge in [0, 0.05) is 29.2 Å². The Morgan fingerprint density at radius 3 is 2.93 bits per heavy atom. The molecule has 0 spiro atoms. The zero-order valence-electron chi connectivity index (χ0n) is 8.23. The van der Waals surface area contributed by atoms with E-state index in [0.29, 0.717) is 17.7 Å². The minimum atomic E-state index is 0.0311. The summed E-state index contributed by atoms with van der Waals surface area (Å²) in [5.41, 5.74) is 2.26. The van der Waals surface area contributed by atoms with Crippen molar-refractivity contribution in [2.75, 3.05) is 5.32 Å². The first-order chi connectivity index (χ1) is 7.20. The molecule has 0 bridgehead atoms. The largest absolute Gasteiger partial charge is 0.329 e. The maximum Gasteiger partial charge on any atom is 0.211 e. The number of aromatic nitrogens is 1. The van der Waals surface area contributed by atoms with E-state index in [2.05, 4.69) is 5.32 Å². The Morgan fingerprint density at radius 1 is 1.47 bits per heavy atom. The third-order valence-corrected chi connectivity index (χ3v) is 2.23. The van der Waals surface area contributed by atoms with Gasteiger partial charge in [0.15, 0.2) is 5.78 Å². The smallest absolute Gasteiger partial charge is 0.211 e. The number of carbonyl (C=O) groups is 2. The highest BCUT2D eigenvalue weighted by molar-refractivity contribution is 5.95. The molecule has 0 unspecified atom stereocenters. The van der Waals surface area contributed by atoms with Gasteiger partial charge in [-0.15, -0.1) is 0 Å². The highest BCUT2D eigenvalue weighted by Gasteiger charge is 2.03. The van der Waals surface area contributed by atoms with E-state index < -0.39 is 0 Å². The van der Waals surface area contributed by atoms with Crippen molar-refractivity contribution in [3.05, 3.63) is 36.2 Å². The molecule has 0 aromatic carbocycles. The number of anilines is 1. The van der Waals surface area contributed by atoms with Gasteiger partial charge in [-0.25, -0.2) is 0 Å². The van der Waals surface area contributed by atoms with E-state index in [1.54, 1.807) is 30.6 Å². The van der Waals surface area contributed by atoms with E-state index in [0.717, 1.165) is 5.52 Å². The van der Waals surface area contributed by atoms with Gasteiger partial charge < -0.3 is 9.72 Å². The van der Waals surface area contributed by atoms with E-state index in [9.17, 15) is 9.59 Å². The Labute approximate surface area is 86.5 Å². The van der Waals surface area contributed by atoms with Gasteiger partial charge in [-0.05, 0) is 25.1 Å². The Kier molecular flexibility index (Phi) is 2.25. The molecule has 0 radical (unpaired) electrons. The molecule has 2 aromatic rings. The average molecular weight is 202 g/mol. The van der Waals surface area contributed by atoms with Crippen molar-refractivity contribution in [1.29, 1.82) is 0 Å². The van der Waals surface area contributed by atoms with Crippen LogP contribution < -0.4 is 5.32 Å². The summed E-state index contributed by atoms with van der Waals surface area (Å²) in [5, 5.41) is 2.56. The number of Topliss-reactive ketones (excluding diaryl/α,β-unsaturated/α-hetero) is 1. The van der Waals surface area contributed by atoms with Crippen LogP contribution in [0.5, 0.6) is 0 Å². The summed E-state index contributed by atoms with van der Waals surface area (Å²) >= 11 is 0. The third kappa shape index (κ3) is 1.74. The summed E-state index contributed by atoms with van der Waals surface area (Å²) < 4.78 is 1.84. The summed E-state index contributed by atoms with van der Waals surface area (Å²) in [6.07, 6.45) is 4.19. The second-order valence-corrected chi connectivity index (χ2v) is 3.29. The first kappa shape index (κ1) is 9.45. The van der Waals surface area contributed by atoms with E-state index in [1.807, 2.05) is 4.40 Å². The number of amides is 1. The molecule has 0 fully saturated rings. The molecule has 0 aliphatic carbocycles. The molecule has 2 aromatic heterocycles. The second-order valence-electron chi connectivity index (χ2n) is 3.29. The highest BCUT2D eigenvalue weighted by Crippen LogP contribution is 2.15. The van der Waals surface area contributed by atoms with Crippen molar-refractivity contribution >= 4 is 23.4 Å². The number of hydrogen-bond donors (Lipinski definition) is 1. The van der Waals surface area contributed by atoms with E-state index in [1.165, 1.54) is 6.92 Å². The molecule has 15 heavy (non-hydrogen) atoms. The van der Waals surface area contributed by atoms with Crippen LogP contribution in [-0.2, 0) is 4.79 Å². The SMILES string of the molecule is CC(=O)c1cc2cc(NC=O)ccn2c1. The normalized spacial score (nSPS) is 10.2. The zero-order chi connectivity index (χ0) is 10.8. The maximum absolute atomic E-state index is 11.1. The highest BCUT2D eigenvalue weighted by atomic mass is 16.1. The lowest BCUT2D eigenvalue weighted by atomic mass is 10.2. The number of rotatable bonds is 3. The van der Waals surface area contributed by atoms with Crippen LogP contribution in [0.3, 0.4) is 0 Å². The van der Waals surface area contributed by atoms with Gasteiger partial charge in [0.2, 0.25) is 6.41 Å². The van der Waals surface area contributed by atoms with Gasteiger partial charge in [0.05, 0.1) is 0 Å². The number of pyridine rings is 1. The standard InChI is InChI=1S/C11H10N2O2/c1-8(15)9-4-11-5-10(12-7-14)2-3-13(11)6-9/h2-7H,1H3,(H,12,14). The van der Waals surface area contributed by atoms with Crippen LogP contribution in [0.4, 0.5) is 5.69 Å². The molecule has 1 amide bonds. The monoisotopic (exact) mass is 202 g/mol. The van der Waals surface area contributed by atoms with Crippen LogP contribution in [0.25, 0.3) is 5.52 Å². The minimum Gasteiger partial charge on any atom is -0.329 e. The van der Waals surface area contributed by atoms with Gasteiger partial charge in [-0.2, -0.15) is 0 Å². The number of ketones is 1. The first-order valence-corrected chi connectivity index (χ1v) is 4.53. The summed E-state index contributed by atoms with van der Waals surface area (Å²) in [4.78, 5) is 21.4. The van der Waals surface area contributed by atoms with Crippen molar-refractivity contribution in [2.45, 2.75) is 6.92 Å². The lowest BCUT2D eigenvalue weighted by molar-refractivity contribution is -0.105. The van der Waals surface area contributed by atoms with Crippen LogP contribution in [0.2, 0.25) is 0 Å².